The van der Waals surface area contributed by atoms with E-state index < -0.39 is 5.97 Å². The van der Waals surface area contributed by atoms with Gasteiger partial charge < -0.3 is 14.8 Å². The van der Waals surface area contributed by atoms with E-state index in [1.165, 1.54) is 29.3 Å². The minimum atomic E-state index is -1.05. The van der Waals surface area contributed by atoms with Crippen molar-refractivity contribution in [1.29, 1.82) is 0 Å². The largest absolute Gasteiger partial charge is 0.478 e. The minimum Gasteiger partial charge on any atom is -0.478 e. The molecule has 9 heteroatoms. The summed E-state index contributed by atoms with van der Waals surface area (Å²) in [6.07, 6.45) is 1.60. The van der Waals surface area contributed by atoms with Gasteiger partial charge in [0.25, 0.3) is 11.8 Å². The maximum absolute atomic E-state index is 13.1. The molecule has 0 unspecified atom stereocenters. The summed E-state index contributed by atoms with van der Waals surface area (Å²) in [4.78, 5) is 37.1. The fourth-order valence-corrected chi connectivity index (χ4v) is 4.37. The number of halogens is 1. The number of carbonyl (C=O) groups is 3. The van der Waals surface area contributed by atoms with Gasteiger partial charge in [-0.1, -0.05) is 41.4 Å². The molecule has 2 amide bonds. The summed E-state index contributed by atoms with van der Waals surface area (Å²) in [5, 5.41) is 17.9. The number of rotatable bonds is 7. The Morgan fingerprint density at radius 3 is 2.42 bits per heavy atom. The Bertz CT molecular complexity index is 1680. The maximum atomic E-state index is 13.1. The van der Waals surface area contributed by atoms with Crippen LogP contribution in [0.1, 0.15) is 44.5 Å². The molecule has 0 radical (unpaired) electrons. The van der Waals surface area contributed by atoms with Crippen molar-refractivity contribution in [3.05, 3.63) is 117 Å². The van der Waals surface area contributed by atoms with Gasteiger partial charge in [-0.15, -0.1) is 0 Å². The highest BCUT2D eigenvalue weighted by Crippen LogP contribution is 2.30. The lowest BCUT2D eigenvalue weighted by molar-refractivity contribution is -0.114. The smallest absolute Gasteiger partial charge is 0.335 e. The molecular formula is C31H24ClN3O5. The maximum Gasteiger partial charge on any atom is 0.335 e. The molecule has 1 aliphatic rings. The predicted molar refractivity (Wildman–Crippen MR) is 153 cm³/mol. The van der Waals surface area contributed by atoms with E-state index in [9.17, 15) is 14.4 Å². The number of aromatic carboxylic acids is 1. The SMILES string of the molecule is CC1=NN(c2ccc(C(=O)O)cc2)C(=O)/C1=C\c1ccc(-c2ccc(Cl)c(C(=O)NCc3ccc(C)cc3)c2)o1. The van der Waals surface area contributed by atoms with E-state index in [4.69, 9.17) is 21.1 Å². The van der Waals surface area contributed by atoms with E-state index in [0.717, 1.165) is 11.1 Å². The monoisotopic (exact) mass is 553 g/mol. The van der Waals surface area contributed by atoms with Gasteiger partial charge in [0.2, 0.25) is 0 Å². The van der Waals surface area contributed by atoms with Gasteiger partial charge in [0.05, 0.1) is 33.1 Å². The van der Waals surface area contributed by atoms with Crippen LogP contribution in [0.5, 0.6) is 0 Å². The molecular weight excluding hydrogens is 530 g/mol. The Morgan fingerprint density at radius 1 is 1.00 bits per heavy atom. The number of carboxylic acid groups (broad SMARTS) is 1. The van der Waals surface area contributed by atoms with Crippen LogP contribution in [0, 0.1) is 6.92 Å². The minimum absolute atomic E-state index is 0.115. The van der Waals surface area contributed by atoms with Crippen molar-refractivity contribution in [3.63, 3.8) is 0 Å². The van der Waals surface area contributed by atoms with E-state index in [-0.39, 0.29) is 17.4 Å². The molecule has 5 rings (SSSR count). The molecule has 1 aromatic heterocycles. The molecule has 1 aliphatic heterocycles. The van der Waals surface area contributed by atoms with E-state index in [1.54, 1.807) is 43.3 Å². The van der Waals surface area contributed by atoms with Crippen LogP contribution in [0.3, 0.4) is 0 Å². The number of furan rings is 1. The molecule has 200 valence electrons. The molecule has 3 aromatic carbocycles. The number of nitrogens with one attached hydrogen (secondary N) is 1. The standard InChI is InChI=1S/C31H24ClN3O5/c1-18-3-5-20(6-4-18)17-33-29(36)26-15-22(9-13-27(26)32)28-14-12-24(40-28)16-25-19(2)34-35(30(25)37)23-10-7-21(8-11-23)31(38)39/h3-16H,17H2,1-2H3,(H,33,36)(H,38,39)/b25-16-. The summed E-state index contributed by atoms with van der Waals surface area (Å²) in [7, 11) is 0. The molecule has 8 nitrogen and oxygen atoms in total. The third-order valence-electron chi connectivity index (χ3n) is 6.40. The summed E-state index contributed by atoms with van der Waals surface area (Å²) >= 11 is 6.33. The third kappa shape index (κ3) is 5.57. The van der Waals surface area contributed by atoms with E-state index >= 15 is 0 Å². The Hall–Kier alpha value is -4.95. The number of hydrazone groups is 1. The summed E-state index contributed by atoms with van der Waals surface area (Å²) in [6, 6.07) is 22.3. The molecule has 2 heterocycles. The first-order valence-corrected chi connectivity index (χ1v) is 12.8. The lowest BCUT2D eigenvalue weighted by atomic mass is 10.1. The van der Waals surface area contributed by atoms with E-state index in [2.05, 4.69) is 10.4 Å². The highest BCUT2D eigenvalue weighted by Gasteiger charge is 2.29. The van der Waals surface area contributed by atoms with Crippen molar-refractivity contribution in [2.45, 2.75) is 20.4 Å². The molecule has 0 atom stereocenters. The average molecular weight is 554 g/mol. The van der Waals surface area contributed by atoms with Crippen LogP contribution in [0.4, 0.5) is 5.69 Å². The first-order chi connectivity index (χ1) is 19.2. The van der Waals surface area contributed by atoms with Gasteiger partial charge in [0.1, 0.15) is 11.5 Å². The van der Waals surface area contributed by atoms with Crippen LogP contribution in [-0.2, 0) is 11.3 Å². The van der Waals surface area contributed by atoms with Crippen molar-refractivity contribution in [3.8, 4) is 11.3 Å². The van der Waals surface area contributed by atoms with Gasteiger partial charge in [-0.05, 0) is 80.1 Å². The number of hydrogen-bond donors (Lipinski definition) is 2. The first kappa shape index (κ1) is 26.6. The quantitative estimate of drug-likeness (QED) is 0.259. The Labute approximate surface area is 235 Å². The Kier molecular flexibility index (Phi) is 7.35. The second-order valence-corrected chi connectivity index (χ2v) is 9.68. The van der Waals surface area contributed by atoms with Crippen molar-refractivity contribution in [2.24, 2.45) is 5.10 Å². The lowest BCUT2D eigenvalue weighted by Crippen LogP contribution is -2.23. The van der Waals surface area contributed by atoms with Crippen molar-refractivity contribution < 1.29 is 23.9 Å². The van der Waals surface area contributed by atoms with Gasteiger partial charge in [0.15, 0.2) is 0 Å². The average Bonchev–Trinajstić information content (AvgIpc) is 3.53. The second kappa shape index (κ2) is 11.0. The molecule has 0 saturated carbocycles. The van der Waals surface area contributed by atoms with Crippen LogP contribution in [-0.4, -0.2) is 28.6 Å². The Morgan fingerprint density at radius 2 is 1.73 bits per heavy atom. The number of benzene rings is 3. The second-order valence-electron chi connectivity index (χ2n) is 9.28. The normalized spacial score (nSPS) is 14.0. The number of nitrogens with zero attached hydrogens (tertiary/aromatic N) is 2. The van der Waals surface area contributed by atoms with Crippen molar-refractivity contribution >= 4 is 46.9 Å². The van der Waals surface area contributed by atoms with E-state index in [1.807, 2.05) is 31.2 Å². The zero-order valence-electron chi connectivity index (χ0n) is 21.6. The van der Waals surface area contributed by atoms with Crippen molar-refractivity contribution in [2.75, 3.05) is 5.01 Å². The number of aryl methyl sites for hydroxylation is 1. The van der Waals surface area contributed by atoms with Crippen LogP contribution < -0.4 is 10.3 Å². The zero-order valence-corrected chi connectivity index (χ0v) is 22.4. The molecule has 0 bridgehead atoms. The molecule has 2 N–H and O–H groups in total. The number of anilines is 1. The lowest BCUT2D eigenvalue weighted by Gasteiger charge is -2.11. The number of amides is 2. The molecule has 0 spiro atoms. The molecule has 4 aromatic rings. The van der Waals surface area contributed by atoms with Crippen molar-refractivity contribution in [1.82, 2.24) is 5.32 Å². The third-order valence-corrected chi connectivity index (χ3v) is 6.73. The van der Waals surface area contributed by atoms with Crippen LogP contribution >= 0.6 is 11.6 Å². The molecule has 0 saturated heterocycles. The van der Waals surface area contributed by atoms with Gasteiger partial charge in [-0.2, -0.15) is 10.1 Å². The first-order valence-electron chi connectivity index (χ1n) is 12.4. The zero-order chi connectivity index (χ0) is 28.4. The van der Waals surface area contributed by atoms with E-state index in [0.29, 0.717) is 51.2 Å². The highest BCUT2D eigenvalue weighted by molar-refractivity contribution is 6.34. The Balaban J connectivity index is 1.32. The van der Waals surface area contributed by atoms with Gasteiger partial charge in [-0.3, -0.25) is 9.59 Å². The van der Waals surface area contributed by atoms with Crippen LogP contribution in [0.25, 0.3) is 17.4 Å². The van der Waals surface area contributed by atoms with Gasteiger partial charge in [0, 0.05) is 12.1 Å². The fraction of sp³-hybridized carbons (Fsp3) is 0.0968. The summed E-state index contributed by atoms with van der Waals surface area (Å²) in [5.41, 5.74) is 4.49. The van der Waals surface area contributed by atoms with Crippen LogP contribution in [0.2, 0.25) is 5.02 Å². The summed E-state index contributed by atoms with van der Waals surface area (Å²) < 4.78 is 5.98. The number of carbonyl (C=O) groups excluding carboxylic acids is 2. The topological polar surface area (TPSA) is 112 Å². The highest BCUT2D eigenvalue weighted by atomic mass is 35.5. The fourth-order valence-electron chi connectivity index (χ4n) is 4.17. The number of carboxylic acids is 1. The van der Waals surface area contributed by atoms with Crippen LogP contribution in [0.15, 0.2) is 94.0 Å². The molecule has 40 heavy (non-hydrogen) atoms. The summed E-state index contributed by atoms with van der Waals surface area (Å²) in [6.45, 7) is 4.08. The molecule has 0 aliphatic carbocycles. The predicted octanol–water partition coefficient (Wildman–Crippen LogP) is 6.34. The summed E-state index contributed by atoms with van der Waals surface area (Å²) in [5.74, 6) is -0.795. The molecule has 0 fully saturated rings. The van der Waals surface area contributed by atoms with Gasteiger partial charge in [-0.25, -0.2) is 4.79 Å². The van der Waals surface area contributed by atoms with Gasteiger partial charge >= 0.3 is 5.97 Å². The number of hydrogen-bond acceptors (Lipinski definition) is 5.